The van der Waals surface area contributed by atoms with Crippen LogP contribution in [0, 0.1) is 6.92 Å². The predicted octanol–water partition coefficient (Wildman–Crippen LogP) is 2.84. The van der Waals surface area contributed by atoms with Gasteiger partial charge in [-0.05, 0) is 42.8 Å². The minimum atomic E-state index is -3.96. The van der Waals surface area contributed by atoms with Crippen LogP contribution in [0.25, 0.3) is 0 Å². The maximum atomic E-state index is 12.5. The number of carboxylic acid groups (broad SMARTS) is 1. The summed E-state index contributed by atoms with van der Waals surface area (Å²) in [6.45, 7) is 1.53. The molecule has 0 aliphatic rings. The summed E-state index contributed by atoms with van der Waals surface area (Å²) in [6, 6.07) is 10.4. The molecule has 0 aliphatic carbocycles. The van der Waals surface area contributed by atoms with Crippen LogP contribution in [0.3, 0.4) is 0 Å². The van der Waals surface area contributed by atoms with Crippen LogP contribution in [0.1, 0.15) is 25.6 Å². The Kier molecular flexibility index (Phi) is 5.52. The maximum absolute atomic E-state index is 12.5. The van der Waals surface area contributed by atoms with Gasteiger partial charge >= 0.3 is 5.97 Å². The van der Waals surface area contributed by atoms with E-state index in [4.69, 9.17) is 15.6 Å². The number of hydrogen-bond acceptors (Lipinski definition) is 7. The molecule has 0 spiro atoms. The molecule has 0 aliphatic heterocycles. The summed E-state index contributed by atoms with van der Waals surface area (Å²) in [4.78, 5) is 26.3. The number of carboxylic acids is 1. The lowest BCUT2D eigenvalue weighted by molar-refractivity contribution is 0.0701. The van der Waals surface area contributed by atoms with Crippen LogP contribution in [0.15, 0.2) is 52.9 Å². The van der Waals surface area contributed by atoms with E-state index >= 15 is 0 Å². The van der Waals surface area contributed by atoms with Crippen molar-refractivity contribution in [2.24, 2.45) is 5.73 Å². The Bertz CT molecular complexity index is 1190. The third-order valence-corrected chi connectivity index (χ3v) is 6.76. The summed E-state index contributed by atoms with van der Waals surface area (Å²) in [6.07, 6.45) is 1.25. The van der Waals surface area contributed by atoms with Gasteiger partial charge in [-0.1, -0.05) is 6.07 Å². The summed E-state index contributed by atoms with van der Waals surface area (Å²) >= 11 is 0.670. The van der Waals surface area contributed by atoms with E-state index in [2.05, 4.69) is 9.71 Å². The summed E-state index contributed by atoms with van der Waals surface area (Å²) in [5, 5.41) is 9.08. The monoisotopic (exact) mass is 433 g/mol. The first kappa shape index (κ1) is 20.3. The second kappa shape index (κ2) is 7.89. The predicted molar refractivity (Wildman–Crippen MR) is 106 cm³/mol. The number of benzene rings is 1. The van der Waals surface area contributed by atoms with Crippen molar-refractivity contribution >= 4 is 38.9 Å². The molecular weight excluding hydrogens is 418 g/mol. The fourth-order valence-electron chi connectivity index (χ4n) is 2.34. The zero-order valence-electron chi connectivity index (χ0n) is 14.9. The third-order valence-electron chi connectivity index (χ3n) is 3.68. The van der Waals surface area contributed by atoms with Gasteiger partial charge in [-0.3, -0.25) is 9.52 Å². The van der Waals surface area contributed by atoms with Crippen molar-refractivity contribution < 1.29 is 27.9 Å². The quantitative estimate of drug-likeness (QED) is 0.519. The summed E-state index contributed by atoms with van der Waals surface area (Å²) < 4.78 is 32.7. The van der Waals surface area contributed by atoms with Crippen LogP contribution in [-0.4, -0.2) is 30.4 Å². The number of aryl methyl sites for hydroxylation is 1. The number of carbonyl (C=O) groups excluding carboxylic acids is 1. The number of anilines is 1. The Balaban J connectivity index is 1.75. The van der Waals surface area contributed by atoms with E-state index in [0.29, 0.717) is 22.6 Å². The first-order valence-corrected chi connectivity index (χ1v) is 10.4. The maximum Gasteiger partial charge on any atom is 0.346 e. The molecule has 1 amide bonds. The molecule has 2 aromatic heterocycles. The molecule has 0 saturated heterocycles. The van der Waals surface area contributed by atoms with E-state index in [1.54, 1.807) is 18.2 Å². The molecule has 0 saturated carbocycles. The van der Waals surface area contributed by atoms with E-state index in [0.717, 1.165) is 0 Å². The zero-order valence-corrected chi connectivity index (χ0v) is 16.6. The molecule has 2 heterocycles. The highest BCUT2D eigenvalue weighted by Crippen LogP contribution is 2.28. The summed E-state index contributed by atoms with van der Waals surface area (Å²) in [7, 11) is -3.96. The van der Waals surface area contributed by atoms with E-state index in [-0.39, 0.29) is 26.2 Å². The molecule has 4 N–H and O–H groups in total. The van der Waals surface area contributed by atoms with Crippen LogP contribution in [0.4, 0.5) is 5.69 Å². The molecule has 3 rings (SSSR count). The van der Waals surface area contributed by atoms with Crippen LogP contribution >= 0.6 is 11.3 Å². The minimum Gasteiger partial charge on any atom is -0.477 e. The van der Waals surface area contributed by atoms with E-state index in [1.807, 2.05) is 0 Å². The Morgan fingerprint density at radius 1 is 1.21 bits per heavy atom. The lowest BCUT2D eigenvalue weighted by Gasteiger charge is -2.08. The lowest BCUT2D eigenvalue weighted by Crippen LogP contribution is -2.11. The van der Waals surface area contributed by atoms with Crippen molar-refractivity contribution in [3.8, 4) is 11.6 Å². The molecule has 1 aromatic carbocycles. The fourth-order valence-corrected chi connectivity index (χ4v) is 4.76. The molecule has 3 aromatic rings. The highest BCUT2D eigenvalue weighted by Gasteiger charge is 2.22. The van der Waals surface area contributed by atoms with E-state index < -0.39 is 21.9 Å². The minimum absolute atomic E-state index is 0.0366. The number of ether oxygens (including phenoxy) is 1. The Hall–Kier alpha value is -3.44. The third kappa shape index (κ3) is 4.70. The number of nitrogens with two attached hydrogens (primary N) is 1. The largest absolute Gasteiger partial charge is 0.477 e. The van der Waals surface area contributed by atoms with Gasteiger partial charge in [-0.15, -0.1) is 11.3 Å². The number of sulfonamides is 1. The number of carbonyl (C=O) groups is 2. The first-order valence-electron chi connectivity index (χ1n) is 8.06. The van der Waals surface area contributed by atoms with Crippen LogP contribution < -0.4 is 15.2 Å². The normalized spacial score (nSPS) is 11.1. The highest BCUT2D eigenvalue weighted by molar-refractivity contribution is 7.94. The molecule has 0 unspecified atom stereocenters. The molecule has 11 heteroatoms. The van der Waals surface area contributed by atoms with Gasteiger partial charge in [0, 0.05) is 11.6 Å². The number of pyridine rings is 1. The Morgan fingerprint density at radius 2 is 1.97 bits per heavy atom. The molecule has 0 bridgehead atoms. The standard InChI is InChI=1S/C18H15N3O6S2/c1-10-7-15(28-16(10)18(23)24)29(25,26)21-12-5-6-14(20-9-12)27-13-4-2-3-11(8-13)17(19)22/h2-9,21H,1H3,(H2,19,22)(H,23,24). The Labute approximate surface area is 169 Å². The lowest BCUT2D eigenvalue weighted by atomic mass is 10.2. The van der Waals surface area contributed by atoms with Crippen LogP contribution in [-0.2, 0) is 10.0 Å². The first-order chi connectivity index (χ1) is 13.7. The molecular formula is C18H15N3O6S2. The number of amides is 1. The number of nitrogens with zero attached hydrogens (tertiary/aromatic N) is 1. The second-order valence-corrected chi connectivity index (χ2v) is 8.83. The number of aromatic carboxylic acids is 1. The average Bonchev–Trinajstić information content (AvgIpc) is 3.06. The van der Waals surface area contributed by atoms with Crippen LogP contribution in [0.2, 0.25) is 0 Å². The van der Waals surface area contributed by atoms with Gasteiger partial charge in [0.25, 0.3) is 10.0 Å². The van der Waals surface area contributed by atoms with Crippen molar-refractivity contribution in [3.05, 3.63) is 64.7 Å². The molecule has 29 heavy (non-hydrogen) atoms. The van der Waals surface area contributed by atoms with E-state index in [1.165, 1.54) is 37.4 Å². The van der Waals surface area contributed by atoms with Crippen molar-refractivity contribution in [3.63, 3.8) is 0 Å². The molecule has 0 atom stereocenters. The van der Waals surface area contributed by atoms with Crippen molar-refractivity contribution in [2.75, 3.05) is 4.72 Å². The molecule has 0 radical (unpaired) electrons. The molecule has 9 nitrogen and oxygen atoms in total. The number of rotatable bonds is 7. The van der Waals surface area contributed by atoms with Gasteiger partial charge in [-0.25, -0.2) is 18.2 Å². The van der Waals surface area contributed by atoms with Gasteiger partial charge in [-0.2, -0.15) is 0 Å². The fraction of sp³-hybridized carbons (Fsp3) is 0.0556. The van der Waals surface area contributed by atoms with Gasteiger partial charge < -0.3 is 15.6 Å². The summed E-state index contributed by atoms with van der Waals surface area (Å²) in [5.41, 5.74) is 6.04. The number of primary amides is 1. The van der Waals surface area contributed by atoms with E-state index in [9.17, 15) is 18.0 Å². The number of hydrogen-bond donors (Lipinski definition) is 3. The van der Waals surface area contributed by atoms with Crippen molar-refractivity contribution in [1.82, 2.24) is 4.98 Å². The topological polar surface area (TPSA) is 149 Å². The second-order valence-electron chi connectivity index (χ2n) is 5.87. The molecule has 0 fully saturated rings. The van der Waals surface area contributed by atoms with Gasteiger partial charge in [0.05, 0.1) is 11.9 Å². The highest BCUT2D eigenvalue weighted by atomic mass is 32.2. The smallest absolute Gasteiger partial charge is 0.346 e. The van der Waals surface area contributed by atoms with Gasteiger partial charge in [0.1, 0.15) is 14.8 Å². The Morgan fingerprint density at radius 3 is 2.55 bits per heavy atom. The number of aromatic nitrogens is 1. The number of nitrogens with one attached hydrogen (secondary N) is 1. The average molecular weight is 433 g/mol. The van der Waals surface area contributed by atoms with Crippen molar-refractivity contribution in [1.29, 1.82) is 0 Å². The summed E-state index contributed by atoms with van der Waals surface area (Å²) in [5.74, 6) is -1.26. The number of thiophene rings is 1. The van der Waals surface area contributed by atoms with Gasteiger partial charge in [0.15, 0.2) is 0 Å². The molecule has 150 valence electrons. The van der Waals surface area contributed by atoms with Crippen molar-refractivity contribution in [2.45, 2.75) is 11.1 Å². The van der Waals surface area contributed by atoms with Gasteiger partial charge in [0.2, 0.25) is 11.8 Å². The SMILES string of the molecule is Cc1cc(S(=O)(=O)Nc2ccc(Oc3cccc(C(N)=O)c3)nc2)sc1C(=O)O. The zero-order chi connectivity index (χ0) is 21.2. The van der Waals surface area contributed by atoms with Crippen LogP contribution in [0.5, 0.6) is 11.6 Å².